The van der Waals surface area contributed by atoms with Crippen LogP contribution in [0.3, 0.4) is 0 Å². The zero-order chi connectivity index (χ0) is 18.9. The molecule has 1 aromatic heterocycles. The van der Waals surface area contributed by atoms with Gasteiger partial charge in [-0.25, -0.2) is 9.97 Å². The largest absolute Gasteiger partial charge is 0.373 e. The van der Waals surface area contributed by atoms with E-state index in [1.807, 2.05) is 25.8 Å². The predicted octanol–water partition coefficient (Wildman–Crippen LogP) is 1.64. The van der Waals surface area contributed by atoms with Crippen LogP contribution in [0.5, 0.6) is 0 Å². The molecule has 0 atom stereocenters. The number of carbonyl (C=O) groups is 1. The van der Waals surface area contributed by atoms with E-state index in [1.54, 1.807) is 7.11 Å². The fourth-order valence-electron chi connectivity index (χ4n) is 3.78. The highest BCUT2D eigenvalue weighted by molar-refractivity contribution is 5.84. The molecule has 1 aromatic rings. The maximum atomic E-state index is 12.6. The lowest BCUT2D eigenvalue weighted by molar-refractivity contribution is -0.152. The molecule has 1 N–H and O–H groups in total. The summed E-state index contributed by atoms with van der Waals surface area (Å²) in [6, 6.07) is 0. The van der Waals surface area contributed by atoms with Gasteiger partial charge < -0.3 is 19.9 Å². The molecule has 1 saturated heterocycles. The van der Waals surface area contributed by atoms with E-state index < -0.39 is 5.60 Å². The molecule has 3 heterocycles. The van der Waals surface area contributed by atoms with Crippen molar-refractivity contribution in [2.24, 2.45) is 0 Å². The number of likely N-dealkylation sites (N-methyl/N-ethyl adjacent to an activating group) is 1. The summed E-state index contributed by atoms with van der Waals surface area (Å²) in [6.45, 7) is 7.02. The van der Waals surface area contributed by atoms with E-state index in [0.717, 1.165) is 62.8 Å². The number of likely N-dealkylation sites (tertiary alicyclic amines) is 1. The summed E-state index contributed by atoms with van der Waals surface area (Å²) in [5, 5.41) is 3.25. The van der Waals surface area contributed by atoms with Crippen LogP contribution in [-0.2, 0) is 22.5 Å². The van der Waals surface area contributed by atoms with Crippen LogP contribution in [0.2, 0.25) is 0 Å². The van der Waals surface area contributed by atoms with E-state index in [2.05, 4.69) is 17.3 Å². The Balaban J connectivity index is 1.74. The summed E-state index contributed by atoms with van der Waals surface area (Å²) in [5.41, 5.74) is 1.63. The molecule has 0 aromatic carbocycles. The number of amides is 1. The van der Waals surface area contributed by atoms with Gasteiger partial charge in [-0.2, -0.15) is 0 Å². The van der Waals surface area contributed by atoms with Gasteiger partial charge >= 0.3 is 0 Å². The van der Waals surface area contributed by atoms with Gasteiger partial charge in [0.2, 0.25) is 0 Å². The fraction of sp³-hybridized carbons (Fsp3) is 0.737. The van der Waals surface area contributed by atoms with Crippen LogP contribution in [0.25, 0.3) is 0 Å². The first kappa shape index (κ1) is 19.0. The number of anilines is 1. The molecule has 0 saturated carbocycles. The van der Waals surface area contributed by atoms with Crippen molar-refractivity contribution in [1.82, 2.24) is 19.8 Å². The van der Waals surface area contributed by atoms with E-state index in [9.17, 15) is 4.79 Å². The molecule has 0 unspecified atom stereocenters. The average molecular weight is 361 g/mol. The Labute approximate surface area is 156 Å². The third kappa shape index (κ3) is 3.69. The topological polar surface area (TPSA) is 70.6 Å². The molecular formula is C19H31N5O2. The number of methoxy groups -OCH3 is 1. The maximum absolute atomic E-state index is 12.6. The molecule has 2 aliphatic heterocycles. The van der Waals surface area contributed by atoms with Gasteiger partial charge in [-0.3, -0.25) is 4.79 Å². The van der Waals surface area contributed by atoms with Crippen molar-refractivity contribution in [2.75, 3.05) is 46.2 Å². The molecule has 1 amide bonds. The number of piperidine rings is 1. The molecule has 0 spiro atoms. The van der Waals surface area contributed by atoms with Crippen LogP contribution in [0, 0.1) is 0 Å². The number of aromatic nitrogens is 2. The molecule has 2 aliphatic rings. The number of nitrogens with one attached hydrogen (secondary N) is 1. The van der Waals surface area contributed by atoms with Crippen molar-refractivity contribution in [3.63, 3.8) is 0 Å². The Morgan fingerprint density at radius 1 is 1.23 bits per heavy atom. The molecule has 0 radical (unpaired) electrons. The minimum Gasteiger partial charge on any atom is -0.373 e. The lowest BCUT2D eigenvalue weighted by atomic mass is 9.94. The molecule has 7 nitrogen and oxygen atoms in total. The highest BCUT2D eigenvalue weighted by atomic mass is 16.5. The zero-order valence-electron chi connectivity index (χ0n) is 16.6. The standard InChI is InChI=1S/C19H31N5O2/c1-19(2,26-5)18(25)24-10-6-13(7-11-24)16-21-15-12-23(4)9-8-14(15)17(20-3)22-16/h13H,6-12H2,1-5H3,(H,20,21,22). The fourth-order valence-corrected chi connectivity index (χ4v) is 3.78. The smallest absolute Gasteiger partial charge is 0.254 e. The molecule has 0 bridgehead atoms. The van der Waals surface area contributed by atoms with Crippen molar-refractivity contribution < 1.29 is 9.53 Å². The third-order valence-electron chi connectivity index (χ3n) is 5.68. The number of carbonyl (C=O) groups excluding carboxylic acids is 1. The summed E-state index contributed by atoms with van der Waals surface area (Å²) in [6.07, 6.45) is 2.77. The van der Waals surface area contributed by atoms with Gasteiger partial charge in [0.05, 0.1) is 5.69 Å². The Bertz CT molecular complexity index is 668. The van der Waals surface area contributed by atoms with Crippen molar-refractivity contribution in [3.8, 4) is 0 Å². The average Bonchev–Trinajstić information content (AvgIpc) is 2.66. The van der Waals surface area contributed by atoms with Crippen molar-refractivity contribution in [2.45, 2.75) is 51.2 Å². The highest BCUT2D eigenvalue weighted by Gasteiger charge is 2.35. The van der Waals surface area contributed by atoms with Crippen molar-refractivity contribution in [1.29, 1.82) is 0 Å². The lowest BCUT2D eigenvalue weighted by Gasteiger charge is -2.36. The molecular weight excluding hydrogens is 330 g/mol. The SMILES string of the molecule is CNc1nc(C2CCN(C(=O)C(C)(C)OC)CC2)nc2c1CCN(C)C2. The Morgan fingerprint density at radius 3 is 2.54 bits per heavy atom. The number of hydrogen-bond acceptors (Lipinski definition) is 6. The van der Waals surface area contributed by atoms with Gasteiger partial charge in [0.1, 0.15) is 17.2 Å². The van der Waals surface area contributed by atoms with E-state index >= 15 is 0 Å². The summed E-state index contributed by atoms with van der Waals surface area (Å²) in [7, 11) is 5.64. The minimum absolute atomic E-state index is 0.0577. The zero-order valence-corrected chi connectivity index (χ0v) is 16.6. The van der Waals surface area contributed by atoms with Crippen molar-refractivity contribution in [3.05, 3.63) is 17.1 Å². The van der Waals surface area contributed by atoms with Crippen LogP contribution < -0.4 is 5.32 Å². The number of fused-ring (bicyclic) bond motifs is 1. The van der Waals surface area contributed by atoms with E-state index in [4.69, 9.17) is 14.7 Å². The van der Waals surface area contributed by atoms with E-state index in [-0.39, 0.29) is 5.91 Å². The minimum atomic E-state index is -0.765. The summed E-state index contributed by atoms with van der Waals surface area (Å²) in [4.78, 5) is 26.5. The molecule has 26 heavy (non-hydrogen) atoms. The number of nitrogens with zero attached hydrogens (tertiary/aromatic N) is 4. The second-order valence-electron chi connectivity index (χ2n) is 7.87. The maximum Gasteiger partial charge on any atom is 0.254 e. The van der Waals surface area contributed by atoms with Crippen LogP contribution >= 0.6 is 0 Å². The second-order valence-corrected chi connectivity index (χ2v) is 7.87. The first-order chi connectivity index (χ1) is 12.4. The Morgan fingerprint density at radius 2 is 1.92 bits per heavy atom. The summed E-state index contributed by atoms with van der Waals surface area (Å²) < 4.78 is 5.34. The Hall–Kier alpha value is -1.73. The highest BCUT2D eigenvalue weighted by Crippen LogP contribution is 2.31. The summed E-state index contributed by atoms with van der Waals surface area (Å²) in [5.74, 6) is 2.25. The van der Waals surface area contributed by atoms with Crippen molar-refractivity contribution >= 4 is 11.7 Å². The van der Waals surface area contributed by atoms with Gasteiger partial charge in [-0.1, -0.05) is 0 Å². The van der Waals surface area contributed by atoms with Gasteiger partial charge in [-0.15, -0.1) is 0 Å². The van der Waals surface area contributed by atoms with E-state index in [1.165, 1.54) is 5.56 Å². The Kier molecular flexibility index (Phi) is 5.48. The normalized spacial score (nSPS) is 19.3. The third-order valence-corrected chi connectivity index (χ3v) is 5.68. The quantitative estimate of drug-likeness (QED) is 0.879. The van der Waals surface area contributed by atoms with Crippen LogP contribution in [0.15, 0.2) is 0 Å². The van der Waals surface area contributed by atoms with Gasteiger partial charge in [0, 0.05) is 51.8 Å². The summed E-state index contributed by atoms with van der Waals surface area (Å²) >= 11 is 0. The number of ether oxygens (including phenoxy) is 1. The molecule has 7 heteroatoms. The van der Waals surface area contributed by atoms with Gasteiger partial charge in [0.15, 0.2) is 0 Å². The monoisotopic (exact) mass is 361 g/mol. The predicted molar refractivity (Wildman–Crippen MR) is 101 cm³/mol. The first-order valence-electron chi connectivity index (χ1n) is 9.46. The van der Waals surface area contributed by atoms with Crippen LogP contribution in [0.1, 0.15) is 49.7 Å². The molecule has 3 rings (SSSR count). The molecule has 0 aliphatic carbocycles. The van der Waals surface area contributed by atoms with Gasteiger partial charge in [-0.05, 0) is 40.2 Å². The van der Waals surface area contributed by atoms with E-state index in [0.29, 0.717) is 5.92 Å². The molecule has 1 fully saturated rings. The second kappa shape index (κ2) is 7.48. The number of hydrogen-bond donors (Lipinski definition) is 1. The van der Waals surface area contributed by atoms with Crippen LogP contribution in [0.4, 0.5) is 5.82 Å². The molecule has 144 valence electrons. The van der Waals surface area contributed by atoms with Gasteiger partial charge in [0.25, 0.3) is 5.91 Å². The first-order valence-corrected chi connectivity index (χ1v) is 9.46. The lowest BCUT2D eigenvalue weighted by Crippen LogP contribution is -2.49. The van der Waals surface area contributed by atoms with Crippen LogP contribution in [-0.4, -0.2) is 72.1 Å². The number of rotatable bonds is 4.